The highest BCUT2D eigenvalue weighted by Crippen LogP contribution is 2.26. The molecule has 1 heterocycles. The van der Waals surface area contributed by atoms with Crippen molar-refractivity contribution in [3.8, 4) is 0 Å². The highest BCUT2D eigenvalue weighted by atomic mass is 16.5. The molecule has 0 atom stereocenters. The van der Waals surface area contributed by atoms with Gasteiger partial charge >= 0.3 is 0 Å². The van der Waals surface area contributed by atoms with Crippen molar-refractivity contribution in [3.63, 3.8) is 0 Å². The zero-order chi connectivity index (χ0) is 19.3. The second-order valence-corrected chi connectivity index (χ2v) is 7.85. The van der Waals surface area contributed by atoms with Gasteiger partial charge in [-0.05, 0) is 35.2 Å². The fourth-order valence-electron chi connectivity index (χ4n) is 3.14. The van der Waals surface area contributed by atoms with Gasteiger partial charge in [0.15, 0.2) is 0 Å². The molecule has 5 nitrogen and oxygen atoms in total. The van der Waals surface area contributed by atoms with Gasteiger partial charge < -0.3 is 20.3 Å². The number of nitrogens with one attached hydrogen (secondary N) is 2. The number of anilines is 3. The minimum absolute atomic E-state index is 0.0599. The Labute approximate surface area is 161 Å². The standard InChI is InChI=1S/C22H29N3O2/c1-22(2,3)17-8-10-18(11-9-17)24-21(26)16-23-19-6-4-5-7-20(19)25-12-14-27-15-13-25/h4-11,23H,12-16H2,1-3H3,(H,24,26). The van der Waals surface area contributed by atoms with E-state index in [9.17, 15) is 4.79 Å². The van der Waals surface area contributed by atoms with E-state index in [1.165, 1.54) is 5.56 Å². The summed E-state index contributed by atoms with van der Waals surface area (Å²) in [7, 11) is 0. The topological polar surface area (TPSA) is 53.6 Å². The fourth-order valence-corrected chi connectivity index (χ4v) is 3.14. The van der Waals surface area contributed by atoms with E-state index >= 15 is 0 Å². The summed E-state index contributed by atoms with van der Waals surface area (Å²) in [5, 5.41) is 6.23. The first-order valence-electron chi connectivity index (χ1n) is 9.49. The number of hydrogen-bond acceptors (Lipinski definition) is 4. The summed E-state index contributed by atoms with van der Waals surface area (Å²) < 4.78 is 5.43. The molecule has 144 valence electrons. The molecule has 1 fully saturated rings. The molecule has 1 amide bonds. The molecule has 1 aliphatic rings. The average Bonchev–Trinajstić information content (AvgIpc) is 2.67. The molecular weight excluding hydrogens is 338 g/mol. The smallest absolute Gasteiger partial charge is 0.243 e. The quantitative estimate of drug-likeness (QED) is 0.842. The molecule has 0 spiro atoms. The normalized spacial score (nSPS) is 14.7. The summed E-state index contributed by atoms with van der Waals surface area (Å²) in [6.07, 6.45) is 0. The van der Waals surface area contributed by atoms with E-state index in [4.69, 9.17) is 4.74 Å². The third kappa shape index (κ3) is 5.23. The first kappa shape index (κ1) is 19.2. The zero-order valence-electron chi connectivity index (χ0n) is 16.4. The number of morpholine rings is 1. The van der Waals surface area contributed by atoms with Crippen LogP contribution in [0.1, 0.15) is 26.3 Å². The number of carbonyl (C=O) groups excluding carboxylic acids is 1. The number of amides is 1. The molecule has 1 saturated heterocycles. The van der Waals surface area contributed by atoms with Crippen molar-refractivity contribution in [2.75, 3.05) is 48.4 Å². The van der Waals surface area contributed by atoms with E-state index in [1.807, 2.05) is 30.3 Å². The van der Waals surface area contributed by atoms with Crippen molar-refractivity contribution in [1.82, 2.24) is 0 Å². The van der Waals surface area contributed by atoms with Crippen LogP contribution >= 0.6 is 0 Å². The SMILES string of the molecule is CC(C)(C)c1ccc(NC(=O)CNc2ccccc2N2CCOCC2)cc1. The van der Waals surface area contributed by atoms with E-state index in [2.05, 4.69) is 54.5 Å². The number of ether oxygens (including phenoxy) is 1. The van der Waals surface area contributed by atoms with Gasteiger partial charge in [0.1, 0.15) is 0 Å². The first-order valence-corrected chi connectivity index (χ1v) is 9.49. The molecule has 2 aromatic rings. The Morgan fingerprint density at radius 3 is 2.37 bits per heavy atom. The maximum atomic E-state index is 12.3. The number of nitrogens with zero attached hydrogens (tertiary/aromatic N) is 1. The average molecular weight is 367 g/mol. The van der Waals surface area contributed by atoms with E-state index in [0.717, 1.165) is 43.4 Å². The molecule has 0 aromatic heterocycles. The van der Waals surface area contributed by atoms with Crippen molar-refractivity contribution in [3.05, 3.63) is 54.1 Å². The molecule has 1 aliphatic heterocycles. The van der Waals surface area contributed by atoms with E-state index in [1.54, 1.807) is 0 Å². The van der Waals surface area contributed by atoms with E-state index < -0.39 is 0 Å². The molecule has 0 aliphatic carbocycles. The lowest BCUT2D eigenvalue weighted by Gasteiger charge is -2.30. The Hall–Kier alpha value is -2.53. The van der Waals surface area contributed by atoms with Gasteiger partial charge in [-0.3, -0.25) is 4.79 Å². The van der Waals surface area contributed by atoms with E-state index in [-0.39, 0.29) is 17.9 Å². The Kier molecular flexibility index (Phi) is 6.01. The van der Waals surface area contributed by atoms with Gasteiger partial charge in [-0.2, -0.15) is 0 Å². The van der Waals surface area contributed by atoms with Gasteiger partial charge in [0.25, 0.3) is 0 Å². The van der Waals surface area contributed by atoms with Crippen LogP contribution in [-0.2, 0) is 14.9 Å². The highest BCUT2D eigenvalue weighted by Gasteiger charge is 2.15. The Bertz CT molecular complexity index is 760. The number of hydrogen-bond donors (Lipinski definition) is 2. The van der Waals surface area contributed by atoms with Crippen LogP contribution in [0.15, 0.2) is 48.5 Å². The van der Waals surface area contributed by atoms with Gasteiger partial charge in [-0.25, -0.2) is 0 Å². The molecule has 0 radical (unpaired) electrons. The Balaban J connectivity index is 1.58. The highest BCUT2D eigenvalue weighted by molar-refractivity contribution is 5.94. The summed E-state index contributed by atoms with van der Waals surface area (Å²) >= 11 is 0. The molecule has 2 N–H and O–H groups in total. The minimum atomic E-state index is -0.0599. The van der Waals surface area contributed by atoms with Crippen LogP contribution in [-0.4, -0.2) is 38.8 Å². The van der Waals surface area contributed by atoms with Gasteiger partial charge in [0.05, 0.1) is 31.1 Å². The molecular formula is C22H29N3O2. The summed E-state index contributed by atoms with van der Waals surface area (Å²) in [6.45, 7) is 9.96. The predicted octanol–water partition coefficient (Wildman–Crippen LogP) is 3.87. The molecule has 3 rings (SSSR count). The van der Waals surface area contributed by atoms with Crippen LogP contribution in [0.4, 0.5) is 17.1 Å². The van der Waals surface area contributed by atoms with Gasteiger partial charge in [0, 0.05) is 18.8 Å². The van der Waals surface area contributed by atoms with Gasteiger partial charge in [0.2, 0.25) is 5.91 Å². The number of carbonyl (C=O) groups is 1. The van der Waals surface area contributed by atoms with Crippen LogP contribution < -0.4 is 15.5 Å². The largest absolute Gasteiger partial charge is 0.378 e. The number of rotatable bonds is 5. The summed E-state index contributed by atoms with van der Waals surface area (Å²) in [6, 6.07) is 16.1. The van der Waals surface area contributed by atoms with Crippen LogP contribution in [0.25, 0.3) is 0 Å². The lowest BCUT2D eigenvalue weighted by atomic mass is 9.87. The monoisotopic (exact) mass is 367 g/mol. The third-order valence-electron chi connectivity index (χ3n) is 4.73. The lowest BCUT2D eigenvalue weighted by Crippen LogP contribution is -2.36. The van der Waals surface area contributed by atoms with Crippen LogP contribution in [0.3, 0.4) is 0 Å². The summed E-state index contributed by atoms with van der Waals surface area (Å²) in [4.78, 5) is 14.6. The predicted molar refractivity (Wildman–Crippen MR) is 112 cm³/mol. The first-order chi connectivity index (χ1) is 12.9. The van der Waals surface area contributed by atoms with Crippen molar-refractivity contribution in [2.45, 2.75) is 26.2 Å². The fraction of sp³-hybridized carbons (Fsp3) is 0.409. The van der Waals surface area contributed by atoms with E-state index in [0.29, 0.717) is 0 Å². The second-order valence-electron chi connectivity index (χ2n) is 7.85. The molecule has 27 heavy (non-hydrogen) atoms. The summed E-state index contributed by atoms with van der Waals surface area (Å²) in [5.74, 6) is -0.0599. The molecule has 2 aromatic carbocycles. The summed E-state index contributed by atoms with van der Waals surface area (Å²) in [5.41, 5.74) is 4.25. The molecule has 0 unspecified atom stereocenters. The van der Waals surface area contributed by atoms with Crippen molar-refractivity contribution in [1.29, 1.82) is 0 Å². The molecule has 0 saturated carbocycles. The van der Waals surface area contributed by atoms with Gasteiger partial charge in [-0.15, -0.1) is 0 Å². The second kappa shape index (κ2) is 8.44. The number of benzene rings is 2. The minimum Gasteiger partial charge on any atom is -0.378 e. The third-order valence-corrected chi connectivity index (χ3v) is 4.73. The van der Waals surface area contributed by atoms with Crippen molar-refractivity contribution >= 4 is 23.0 Å². The van der Waals surface area contributed by atoms with Crippen molar-refractivity contribution < 1.29 is 9.53 Å². The maximum absolute atomic E-state index is 12.3. The molecule has 5 heteroatoms. The maximum Gasteiger partial charge on any atom is 0.243 e. The van der Waals surface area contributed by atoms with Gasteiger partial charge in [-0.1, -0.05) is 45.0 Å². The Morgan fingerprint density at radius 1 is 1.04 bits per heavy atom. The zero-order valence-corrected chi connectivity index (χ0v) is 16.4. The van der Waals surface area contributed by atoms with Crippen molar-refractivity contribution in [2.24, 2.45) is 0 Å². The van der Waals surface area contributed by atoms with Crippen LogP contribution in [0, 0.1) is 0 Å². The van der Waals surface area contributed by atoms with Crippen LogP contribution in [0.5, 0.6) is 0 Å². The van der Waals surface area contributed by atoms with Crippen LogP contribution in [0.2, 0.25) is 0 Å². The molecule has 0 bridgehead atoms. The lowest BCUT2D eigenvalue weighted by molar-refractivity contribution is -0.114. The Morgan fingerprint density at radius 2 is 1.70 bits per heavy atom. The number of para-hydroxylation sites is 2.